The Bertz CT molecular complexity index is 1550. The fraction of sp³-hybridized carbons (Fsp3) is 0.312. The Hall–Kier alpha value is -4.71. The number of hydrogen-bond donors (Lipinski definition) is 3. The van der Waals surface area contributed by atoms with Crippen LogP contribution in [0.25, 0.3) is 22.5 Å². The minimum Gasteiger partial charge on any atom is -0.461 e. The number of carbonyl (C=O) groups is 2. The van der Waals surface area contributed by atoms with Crippen LogP contribution in [0.2, 0.25) is 0 Å². The highest BCUT2D eigenvalue weighted by atomic mass is 19.4. The van der Waals surface area contributed by atoms with E-state index in [1.807, 2.05) is 51.1 Å². The van der Waals surface area contributed by atoms with Crippen molar-refractivity contribution in [1.29, 1.82) is 0 Å². The van der Waals surface area contributed by atoms with E-state index in [1.165, 1.54) is 18.3 Å². The largest absolute Gasteiger partial charge is 0.461 e. The van der Waals surface area contributed by atoms with Crippen LogP contribution in [0.3, 0.4) is 0 Å². The normalized spacial score (nSPS) is 14.2. The van der Waals surface area contributed by atoms with E-state index < -0.39 is 23.3 Å². The summed E-state index contributed by atoms with van der Waals surface area (Å²) in [6.07, 6.45) is -0.812. The smallest absolute Gasteiger partial charge is 0.416 e. The fourth-order valence-electron chi connectivity index (χ4n) is 4.59. The third-order valence-electron chi connectivity index (χ3n) is 6.81. The van der Waals surface area contributed by atoms with Gasteiger partial charge in [-0.2, -0.15) is 13.2 Å². The quantitative estimate of drug-likeness (QED) is 0.157. The standard InChI is InChI=1S/C32H36F3N5O4/c1-5-43-29(41)28-27(40(37)19-25(36)22-10-12-24(13-11-22)32(33,34)35)18-26(38-28)23-8-6-20(7-9-23)21-14-16-39(17-15-21)30(42)44-31(2,3)4/h6-14,18-19,38H,5,15-17,36-37H2,1-4H3/b25-19-. The molecule has 0 saturated heterocycles. The topological polar surface area (TPSA) is 127 Å². The van der Waals surface area contributed by atoms with E-state index in [0.29, 0.717) is 30.8 Å². The van der Waals surface area contributed by atoms with Crippen LogP contribution in [0, 0.1) is 0 Å². The maximum Gasteiger partial charge on any atom is 0.416 e. The van der Waals surface area contributed by atoms with Gasteiger partial charge < -0.3 is 25.1 Å². The van der Waals surface area contributed by atoms with Crippen LogP contribution >= 0.6 is 0 Å². The van der Waals surface area contributed by atoms with E-state index in [0.717, 1.165) is 33.8 Å². The van der Waals surface area contributed by atoms with E-state index in [9.17, 15) is 22.8 Å². The SMILES string of the molecule is CCOC(=O)c1[nH]c(-c2ccc(C3=CCN(C(=O)OC(C)(C)C)CC3)cc2)cc1N(N)/C=C(\N)c1ccc(C(F)(F)F)cc1. The number of aromatic amines is 1. The molecule has 234 valence electrons. The number of nitrogens with one attached hydrogen (secondary N) is 1. The number of amides is 1. The molecule has 1 aromatic heterocycles. The van der Waals surface area contributed by atoms with Crippen molar-refractivity contribution in [3.05, 3.63) is 89.3 Å². The predicted octanol–water partition coefficient (Wildman–Crippen LogP) is 6.54. The molecule has 0 bridgehead atoms. The van der Waals surface area contributed by atoms with Crippen LogP contribution < -0.4 is 16.6 Å². The number of carbonyl (C=O) groups excluding carboxylic acids is 2. The summed E-state index contributed by atoms with van der Waals surface area (Å²) in [5.74, 6) is 5.64. The molecule has 0 radical (unpaired) electrons. The van der Waals surface area contributed by atoms with Gasteiger partial charge in [-0.05, 0) is 74.6 Å². The van der Waals surface area contributed by atoms with Crippen LogP contribution in [0.1, 0.15) is 61.3 Å². The maximum atomic E-state index is 12.9. The van der Waals surface area contributed by atoms with Crippen molar-refractivity contribution in [3.63, 3.8) is 0 Å². The summed E-state index contributed by atoms with van der Waals surface area (Å²) in [7, 11) is 0. The van der Waals surface area contributed by atoms with Crippen LogP contribution in [0.4, 0.5) is 23.7 Å². The zero-order valence-corrected chi connectivity index (χ0v) is 25.0. The van der Waals surface area contributed by atoms with E-state index in [-0.39, 0.29) is 29.8 Å². The molecule has 2 aromatic carbocycles. The van der Waals surface area contributed by atoms with Crippen molar-refractivity contribution >= 4 is 29.0 Å². The number of halogens is 3. The predicted molar refractivity (Wildman–Crippen MR) is 163 cm³/mol. The second-order valence-electron chi connectivity index (χ2n) is 11.2. The molecule has 44 heavy (non-hydrogen) atoms. The zero-order valence-electron chi connectivity index (χ0n) is 25.0. The molecular weight excluding hydrogens is 575 g/mol. The number of rotatable bonds is 7. The Morgan fingerprint density at radius 1 is 1.05 bits per heavy atom. The van der Waals surface area contributed by atoms with Crippen LogP contribution in [-0.2, 0) is 15.7 Å². The van der Waals surface area contributed by atoms with Gasteiger partial charge in [0.1, 0.15) is 5.60 Å². The number of ether oxygens (including phenoxy) is 2. The van der Waals surface area contributed by atoms with Gasteiger partial charge in [0.15, 0.2) is 5.69 Å². The summed E-state index contributed by atoms with van der Waals surface area (Å²) in [6.45, 7) is 8.31. The molecule has 0 spiro atoms. The third-order valence-corrected chi connectivity index (χ3v) is 6.81. The second kappa shape index (κ2) is 12.9. The minimum atomic E-state index is -4.47. The van der Waals surface area contributed by atoms with Crippen molar-refractivity contribution in [2.45, 2.75) is 45.9 Å². The first kappa shape index (κ1) is 32.2. The van der Waals surface area contributed by atoms with Gasteiger partial charge in [-0.15, -0.1) is 0 Å². The third kappa shape index (κ3) is 7.81. The number of H-pyrrole nitrogens is 1. The highest BCUT2D eigenvalue weighted by molar-refractivity contribution is 5.96. The maximum absolute atomic E-state index is 12.9. The van der Waals surface area contributed by atoms with Crippen LogP contribution in [-0.4, -0.2) is 47.2 Å². The molecule has 2 heterocycles. The summed E-state index contributed by atoms with van der Waals surface area (Å²) in [5.41, 5.74) is 8.99. The second-order valence-corrected chi connectivity index (χ2v) is 11.2. The molecule has 0 unspecified atom stereocenters. The lowest BCUT2D eigenvalue weighted by molar-refractivity contribution is -0.137. The number of hydrogen-bond acceptors (Lipinski definition) is 7. The van der Waals surface area contributed by atoms with Gasteiger partial charge in [0.2, 0.25) is 0 Å². The van der Waals surface area contributed by atoms with Gasteiger partial charge in [-0.3, -0.25) is 5.01 Å². The monoisotopic (exact) mass is 611 g/mol. The molecule has 3 aromatic rings. The molecule has 1 aliphatic heterocycles. The Morgan fingerprint density at radius 2 is 1.68 bits per heavy atom. The Balaban J connectivity index is 1.55. The van der Waals surface area contributed by atoms with E-state index in [1.54, 1.807) is 17.9 Å². The molecule has 9 nitrogen and oxygen atoms in total. The van der Waals surface area contributed by atoms with Crippen molar-refractivity contribution in [1.82, 2.24) is 9.88 Å². The molecule has 5 N–H and O–H groups in total. The first-order valence-electron chi connectivity index (χ1n) is 14.0. The summed E-state index contributed by atoms with van der Waals surface area (Å²) in [5, 5.41) is 1.12. The van der Waals surface area contributed by atoms with Crippen LogP contribution in [0.15, 0.2) is 66.9 Å². The van der Waals surface area contributed by atoms with Gasteiger partial charge in [-0.25, -0.2) is 15.4 Å². The summed E-state index contributed by atoms with van der Waals surface area (Å²) in [6, 6.07) is 13.7. The number of esters is 1. The van der Waals surface area contributed by atoms with E-state index in [2.05, 4.69) is 4.98 Å². The Labute approximate surface area is 253 Å². The molecule has 0 aliphatic carbocycles. The molecule has 1 aliphatic rings. The van der Waals surface area contributed by atoms with Gasteiger partial charge in [0.05, 0.1) is 23.6 Å². The van der Waals surface area contributed by atoms with Crippen molar-refractivity contribution < 1.29 is 32.2 Å². The number of nitrogens with zero attached hydrogens (tertiary/aromatic N) is 2. The Kier molecular flexibility index (Phi) is 9.43. The first-order valence-corrected chi connectivity index (χ1v) is 14.0. The van der Waals surface area contributed by atoms with Crippen molar-refractivity contribution in [2.75, 3.05) is 24.7 Å². The summed E-state index contributed by atoms with van der Waals surface area (Å²) >= 11 is 0. The fourth-order valence-corrected chi connectivity index (χ4v) is 4.59. The lowest BCUT2D eigenvalue weighted by Gasteiger charge is -2.29. The minimum absolute atomic E-state index is 0.0853. The number of aromatic nitrogens is 1. The van der Waals surface area contributed by atoms with E-state index in [4.69, 9.17) is 21.1 Å². The average Bonchev–Trinajstić information content (AvgIpc) is 3.42. The van der Waals surface area contributed by atoms with Gasteiger partial charge in [0.25, 0.3) is 0 Å². The number of anilines is 1. The molecular formula is C32H36F3N5O4. The van der Waals surface area contributed by atoms with E-state index >= 15 is 0 Å². The highest BCUT2D eigenvalue weighted by Gasteiger charge is 2.30. The molecule has 0 saturated carbocycles. The van der Waals surface area contributed by atoms with Gasteiger partial charge in [0, 0.05) is 25.0 Å². The average molecular weight is 612 g/mol. The summed E-state index contributed by atoms with van der Waals surface area (Å²) in [4.78, 5) is 29.9. The molecule has 12 heteroatoms. The number of hydrazine groups is 1. The first-order chi connectivity index (χ1) is 20.7. The van der Waals surface area contributed by atoms with Gasteiger partial charge in [-0.1, -0.05) is 42.5 Å². The zero-order chi connectivity index (χ0) is 32.2. The highest BCUT2D eigenvalue weighted by Crippen LogP contribution is 2.32. The molecule has 0 atom stereocenters. The van der Waals surface area contributed by atoms with Crippen molar-refractivity contribution in [3.8, 4) is 11.3 Å². The lowest BCUT2D eigenvalue weighted by atomic mass is 9.98. The summed E-state index contributed by atoms with van der Waals surface area (Å²) < 4.78 is 49.5. The molecule has 4 rings (SSSR count). The lowest BCUT2D eigenvalue weighted by Crippen LogP contribution is -2.39. The number of nitrogens with two attached hydrogens (primary N) is 2. The number of benzene rings is 2. The van der Waals surface area contributed by atoms with Gasteiger partial charge >= 0.3 is 18.2 Å². The van der Waals surface area contributed by atoms with Crippen LogP contribution in [0.5, 0.6) is 0 Å². The Morgan fingerprint density at radius 3 is 2.23 bits per heavy atom. The number of alkyl halides is 3. The molecule has 0 fully saturated rings. The molecule has 1 amide bonds. The van der Waals surface area contributed by atoms with Crippen molar-refractivity contribution in [2.24, 2.45) is 11.6 Å².